The van der Waals surface area contributed by atoms with Gasteiger partial charge in [-0.05, 0) is 24.6 Å². The molecular weight excluding hydrogens is 242 g/mol. The maximum atomic E-state index is 12.2. The summed E-state index contributed by atoms with van der Waals surface area (Å²) in [6.45, 7) is 2.04. The number of ketones is 1. The Morgan fingerprint density at radius 1 is 1.32 bits per heavy atom. The third-order valence-corrected chi connectivity index (χ3v) is 2.61. The van der Waals surface area contributed by atoms with Crippen LogP contribution in [0.15, 0.2) is 18.2 Å². The van der Waals surface area contributed by atoms with Gasteiger partial charge in [0.2, 0.25) is 0 Å². The first-order valence-corrected chi connectivity index (χ1v) is 5.76. The molecule has 0 fully saturated rings. The number of nitrogens with zero attached hydrogens (tertiary/aromatic N) is 3. The molecule has 0 atom stereocenters. The molecule has 0 amide bonds. The molecule has 0 saturated heterocycles. The van der Waals surface area contributed by atoms with E-state index >= 15 is 0 Å². The molecule has 1 aromatic rings. The first kappa shape index (κ1) is 14.7. The summed E-state index contributed by atoms with van der Waals surface area (Å²) in [4.78, 5) is 13.6. The van der Waals surface area contributed by atoms with Crippen molar-refractivity contribution in [3.05, 3.63) is 29.3 Å². The molecule has 98 valence electrons. The first-order valence-electron chi connectivity index (χ1n) is 5.76. The standard InChI is InChI=1S/C14H15N3O2/c1-11-3-4-12(14(9-11)19-2)13(18)10-17(7-5-15)8-6-16/h3-4,9H,7-8,10H2,1-2H3. The molecule has 5 nitrogen and oxygen atoms in total. The van der Waals surface area contributed by atoms with Gasteiger partial charge in [0.25, 0.3) is 0 Å². The van der Waals surface area contributed by atoms with Gasteiger partial charge in [0.05, 0.1) is 44.4 Å². The highest BCUT2D eigenvalue weighted by Gasteiger charge is 2.16. The number of Topliss-reactive ketones (excluding diaryl/α,β-unsaturated/α-hetero) is 1. The minimum atomic E-state index is -0.164. The second-order valence-electron chi connectivity index (χ2n) is 4.09. The largest absolute Gasteiger partial charge is 0.496 e. The Balaban J connectivity index is 2.88. The van der Waals surface area contributed by atoms with Gasteiger partial charge in [0.15, 0.2) is 5.78 Å². The van der Waals surface area contributed by atoms with Gasteiger partial charge in [0, 0.05) is 0 Å². The van der Waals surface area contributed by atoms with Crippen LogP contribution in [0.25, 0.3) is 0 Å². The van der Waals surface area contributed by atoms with Gasteiger partial charge in [-0.25, -0.2) is 0 Å². The second-order valence-corrected chi connectivity index (χ2v) is 4.09. The average molecular weight is 257 g/mol. The summed E-state index contributed by atoms with van der Waals surface area (Å²) >= 11 is 0. The number of nitriles is 2. The van der Waals surface area contributed by atoms with E-state index in [-0.39, 0.29) is 25.4 Å². The molecule has 0 radical (unpaired) electrons. The lowest BCUT2D eigenvalue weighted by Crippen LogP contribution is -2.30. The van der Waals surface area contributed by atoms with Crippen LogP contribution in [0.2, 0.25) is 0 Å². The van der Waals surface area contributed by atoms with Crippen molar-refractivity contribution in [2.24, 2.45) is 0 Å². The summed E-state index contributed by atoms with van der Waals surface area (Å²) in [6.07, 6.45) is 0. The van der Waals surface area contributed by atoms with E-state index < -0.39 is 0 Å². The van der Waals surface area contributed by atoms with Crippen molar-refractivity contribution in [2.45, 2.75) is 6.92 Å². The fourth-order valence-electron chi connectivity index (χ4n) is 1.68. The number of benzene rings is 1. The van der Waals surface area contributed by atoms with Crippen LogP contribution in [0.4, 0.5) is 0 Å². The van der Waals surface area contributed by atoms with E-state index in [0.29, 0.717) is 11.3 Å². The Morgan fingerprint density at radius 2 is 1.95 bits per heavy atom. The maximum absolute atomic E-state index is 12.2. The highest BCUT2D eigenvalue weighted by molar-refractivity contribution is 6.00. The molecule has 0 aliphatic carbocycles. The maximum Gasteiger partial charge on any atom is 0.180 e. The lowest BCUT2D eigenvalue weighted by molar-refractivity contribution is 0.0943. The summed E-state index contributed by atoms with van der Waals surface area (Å²) in [6, 6.07) is 9.19. The van der Waals surface area contributed by atoms with Crippen LogP contribution in [0.5, 0.6) is 5.75 Å². The van der Waals surface area contributed by atoms with Crippen molar-refractivity contribution in [1.29, 1.82) is 10.5 Å². The molecule has 0 bridgehead atoms. The zero-order chi connectivity index (χ0) is 14.3. The summed E-state index contributed by atoms with van der Waals surface area (Å²) < 4.78 is 5.18. The molecule has 0 unspecified atom stereocenters. The van der Waals surface area contributed by atoms with Crippen LogP contribution >= 0.6 is 0 Å². The average Bonchev–Trinajstić information content (AvgIpc) is 2.38. The van der Waals surface area contributed by atoms with Crippen molar-refractivity contribution >= 4 is 5.78 Å². The fourth-order valence-corrected chi connectivity index (χ4v) is 1.68. The van der Waals surface area contributed by atoms with Gasteiger partial charge in [-0.3, -0.25) is 9.69 Å². The van der Waals surface area contributed by atoms with Gasteiger partial charge in [-0.15, -0.1) is 0 Å². The zero-order valence-corrected chi connectivity index (χ0v) is 11.0. The number of carbonyl (C=O) groups excluding carboxylic acids is 1. The minimum Gasteiger partial charge on any atom is -0.496 e. The van der Waals surface area contributed by atoms with E-state index in [2.05, 4.69) is 0 Å². The van der Waals surface area contributed by atoms with Gasteiger partial charge >= 0.3 is 0 Å². The molecule has 0 heterocycles. The number of ether oxygens (including phenoxy) is 1. The monoisotopic (exact) mass is 257 g/mol. The van der Waals surface area contributed by atoms with Crippen LogP contribution in [0.1, 0.15) is 15.9 Å². The first-order chi connectivity index (χ1) is 9.12. The Bertz CT molecular complexity index is 525. The van der Waals surface area contributed by atoms with Gasteiger partial charge in [-0.2, -0.15) is 10.5 Å². The Morgan fingerprint density at radius 3 is 2.47 bits per heavy atom. The molecule has 0 aliphatic rings. The number of aryl methyl sites for hydroxylation is 1. The molecule has 0 spiro atoms. The smallest absolute Gasteiger partial charge is 0.180 e. The molecule has 0 N–H and O–H groups in total. The molecule has 19 heavy (non-hydrogen) atoms. The molecule has 0 aromatic heterocycles. The minimum absolute atomic E-state index is 0.0283. The predicted octanol–water partition coefficient (Wildman–Crippen LogP) is 1.54. The molecule has 0 saturated carbocycles. The third-order valence-electron chi connectivity index (χ3n) is 2.61. The van der Waals surface area contributed by atoms with E-state index in [1.54, 1.807) is 12.1 Å². The third kappa shape index (κ3) is 4.09. The fraction of sp³-hybridized carbons (Fsp3) is 0.357. The van der Waals surface area contributed by atoms with Crippen molar-refractivity contribution in [3.63, 3.8) is 0 Å². The summed E-state index contributed by atoms with van der Waals surface area (Å²) in [5, 5.41) is 17.3. The van der Waals surface area contributed by atoms with Gasteiger partial charge in [0.1, 0.15) is 5.75 Å². The summed E-state index contributed by atoms with van der Waals surface area (Å²) in [7, 11) is 1.51. The quantitative estimate of drug-likeness (QED) is 0.570. The normalized spacial score (nSPS) is 9.74. The predicted molar refractivity (Wildman–Crippen MR) is 69.7 cm³/mol. The molecule has 0 aliphatic heterocycles. The van der Waals surface area contributed by atoms with E-state index in [4.69, 9.17) is 15.3 Å². The van der Waals surface area contributed by atoms with E-state index in [0.717, 1.165) is 5.56 Å². The van der Waals surface area contributed by atoms with Crippen molar-refractivity contribution in [1.82, 2.24) is 4.90 Å². The number of hydrogen-bond acceptors (Lipinski definition) is 5. The number of carbonyl (C=O) groups is 1. The second kappa shape index (κ2) is 7.15. The van der Waals surface area contributed by atoms with Crippen LogP contribution in [0.3, 0.4) is 0 Å². The highest BCUT2D eigenvalue weighted by atomic mass is 16.5. The SMILES string of the molecule is COc1cc(C)ccc1C(=O)CN(CC#N)CC#N. The van der Waals surface area contributed by atoms with Crippen molar-refractivity contribution in [3.8, 4) is 17.9 Å². The zero-order valence-electron chi connectivity index (χ0n) is 11.0. The summed E-state index contributed by atoms with van der Waals surface area (Å²) in [5.41, 5.74) is 1.47. The Kier molecular flexibility index (Phi) is 5.53. The van der Waals surface area contributed by atoms with Gasteiger partial charge in [-0.1, -0.05) is 6.07 Å². The topological polar surface area (TPSA) is 77.1 Å². The van der Waals surface area contributed by atoms with E-state index in [1.807, 2.05) is 25.1 Å². The van der Waals surface area contributed by atoms with Crippen LogP contribution in [-0.4, -0.2) is 37.4 Å². The van der Waals surface area contributed by atoms with Crippen molar-refractivity contribution in [2.75, 3.05) is 26.7 Å². The van der Waals surface area contributed by atoms with Crippen LogP contribution in [-0.2, 0) is 0 Å². The summed E-state index contributed by atoms with van der Waals surface area (Å²) in [5.74, 6) is 0.348. The van der Waals surface area contributed by atoms with Crippen LogP contribution < -0.4 is 4.74 Å². The van der Waals surface area contributed by atoms with Gasteiger partial charge < -0.3 is 4.74 Å². The molecule has 1 aromatic carbocycles. The number of rotatable bonds is 6. The number of hydrogen-bond donors (Lipinski definition) is 0. The van der Waals surface area contributed by atoms with E-state index in [9.17, 15) is 4.79 Å². The van der Waals surface area contributed by atoms with E-state index in [1.165, 1.54) is 12.0 Å². The highest BCUT2D eigenvalue weighted by Crippen LogP contribution is 2.20. The number of methoxy groups -OCH3 is 1. The van der Waals surface area contributed by atoms with Crippen LogP contribution in [0, 0.1) is 29.6 Å². The molecule has 5 heteroatoms. The lowest BCUT2D eigenvalue weighted by Gasteiger charge is -2.15. The molecule has 1 rings (SSSR count). The Hall–Kier alpha value is -2.37. The Labute approximate surface area is 112 Å². The van der Waals surface area contributed by atoms with Crippen molar-refractivity contribution < 1.29 is 9.53 Å². The lowest BCUT2D eigenvalue weighted by atomic mass is 10.1. The molecular formula is C14H15N3O2.